The van der Waals surface area contributed by atoms with Crippen LogP contribution in [-0.4, -0.2) is 24.2 Å². The van der Waals surface area contributed by atoms with E-state index in [-0.39, 0.29) is 11.4 Å². The first-order valence-corrected chi connectivity index (χ1v) is 13.3. The summed E-state index contributed by atoms with van der Waals surface area (Å²) in [6.07, 6.45) is 2.05. The maximum absolute atomic E-state index is 13.7. The van der Waals surface area contributed by atoms with E-state index in [1.165, 1.54) is 4.31 Å². The summed E-state index contributed by atoms with van der Waals surface area (Å²) >= 11 is 1.65. The highest BCUT2D eigenvalue weighted by Gasteiger charge is 2.34. The van der Waals surface area contributed by atoms with Crippen molar-refractivity contribution in [2.24, 2.45) is 7.05 Å². The molecule has 1 aliphatic heterocycles. The summed E-state index contributed by atoms with van der Waals surface area (Å²) in [5, 5.41) is 2.21. The molecule has 0 amide bonds. The predicted octanol–water partition coefficient (Wildman–Crippen LogP) is 5.82. The zero-order valence-electron chi connectivity index (χ0n) is 18.2. The lowest BCUT2D eigenvalue weighted by atomic mass is 9.98. The first kappa shape index (κ1) is 20.3. The van der Waals surface area contributed by atoms with Crippen molar-refractivity contribution in [1.29, 1.82) is 0 Å². The van der Waals surface area contributed by atoms with Crippen LogP contribution in [0.1, 0.15) is 5.56 Å². The van der Waals surface area contributed by atoms with Gasteiger partial charge in [-0.3, -0.25) is 4.31 Å². The molecule has 33 heavy (non-hydrogen) atoms. The van der Waals surface area contributed by atoms with Crippen LogP contribution in [0, 0.1) is 0 Å². The van der Waals surface area contributed by atoms with Crippen molar-refractivity contribution in [1.82, 2.24) is 9.55 Å². The SMILES string of the molecule is CSc1c2c(nc3c1c1ccccc1n3C)-c1ccccc1N(S(=O)(=O)c1ccccc1)C2. The fourth-order valence-electron chi connectivity index (χ4n) is 4.82. The molecular formula is C26H21N3O2S2. The third-order valence-corrected chi connectivity index (χ3v) is 8.98. The van der Waals surface area contributed by atoms with Gasteiger partial charge in [-0.15, -0.1) is 11.8 Å². The average molecular weight is 472 g/mol. The number of anilines is 1. The minimum Gasteiger partial charge on any atom is -0.328 e. The van der Waals surface area contributed by atoms with Gasteiger partial charge >= 0.3 is 0 Å². The minimum absolute atomic E-state index is 0.242. The largest absolute Gasteiger partial charge is 0.328 e. The third-order valence-electron chi connectivity index (χ3n) is 6.35. The fourth-order valence-corrected chi connectivity index (χ4v) is 7.10. The number of benzene rings is 3. The van der Waals surface area contributed by atoms with Crippen LogP contribution in [0.25, 0.3) is 33.2 Å². The molecule has 7 heteroatoms. The molecule has 0 radical (unpaired) electrons. The van der Waals surface area contributed by atoms with Crippen LogP contribution in [0.2, 0.25) is 0 Å². The molecule has 164 valence electrons. The Bertz CT molecular complexity index is 1660. The maximum Gasteiger partial charge on any atom is 0.264 e. The molecule has 3 aromatic carbocycles. The van der Waals surface area contributed by atoms with Crippen molar-refractivity contribution in [3.63, 3.8) is 0 Å². The molecule has 6 rings (SSSR count). The Labute approximate surface area is 196 Å². The van der Waals surface area contributed by atoms with Gasteiger partial charge in [-0.25, -0.2) is 13.4 Å². The second-order valence-corrected chi connectivity index (χ2v) is 10.8. The van der Waals surface area contributed by atoms with Crippen molar-refractivity contribution in [2.75, 3.05) is 10.6 Å². The second kappa shape index (κ2) is 7.37. The summed E-state index contributed by atoms with van der Waals surface area (Å²) in [4.78, 5) is 6.48. The average Bonchev–Trinajstić information content (AvgIpc) is 3.14. The van der Waals surface area contributed by atoms with E-state index in [1.54, 1.807) is 36.0 Å². The molecule has 0 aliphatic carbocycles. The van der Waals surface area contributed by atoms with E-state index in [0.717, 1.165) is 43.7 Å². The Kier molecular flexibility index (Phi) is 4.54. The number of aromatic nitrogens is 2. The zero-order chi connectivity index (χ0) is 22.7. The predicted molar refractivity (Wildman–Crippen MR) is 135 cm³/mol. The Hall–Kier alpha value is -3.29. The van der Waals surface area contributed by atoms with Gasteiger partial charge in [0.15, 0.2) is 0 Å². The number of fused-ring (bicyclic) bond motifs is 6. The Balaban J connectivity index is 1.69. The van der Waals surface area contributed by atoms with Gasteiger partial charge in [0.05, 0.1) is 28.3 Å². The van der Waals surface area contributed by atoms with Crippen molar-refractivity contribution in [2.45, 2.75) is 16.3 Å². The summed E-state index contributed by atoms with van der Waals surface area (Å²) < 4.78 is 31.1. The molecule has 0 fully saturated rings. The third kappa shape index (κ3) is 2.85. The van der Waals surface area contributed by atoms with E-state index in [9.17, 15) is 8.42 Å². The van der Waals surface area contributed by atoms with E-state index < -0.39 is 10.0 Å². The molecule has 5 nitrogen and oxygen atoms in total. The van der Waals surface area contributed by atoms with Gasteiger partial charge in [0.1, 0.15) is 5.65 Å². The number of pyridine rings is 1. The molecule has 3 heterocycles. The Morgan fingerprint density at radius 2 is 1.61 bits per heavy atom. The lowest BCUT2D eigenvalue weighted by molar-refractivity contribution is 0.590. The number of thioether (sulfide) groups is 1. The first-order chi connectivity index (χ1) is 16.0. The van der Waals surface area contributed by atoms with Gasteiger partial charge in [-0.05, 0) is 30.5 Å². The van der Waals surface area contributed by atoms with E-state index >= 15 is 0 Å². The number of aryl methyl sites for hydroxylation is 1. The topological polar surface area (TPSA) is 55.2 Å². The number of nitrogens with zero attached hydrogens (tertiary/aromatic N) is 3. The van der Waals surface area contributed by atoms with E-state index in [2.05, 4.69) is 16.7 Å². The highest BCUT2D eigenvalue weighted by atomic mass is 32.2. The Morgan fingerprint density at radius 3 is 2.39 bits per heavy atom. The fraction of sp³-hybridized carbons (Fsp3) is 0.115. The van der Waals surface area contributed by atoms with Gasteiger partial charge in [-0.2, -0.15) is 0 Å². The molecule has 0 N–H and O–H groups in total. The summed E-state index contributed by atoms with van der Waals surface area (Å²) in [5.41, 5.74) is 5.32. The maximum atomic E-state index is 13.7. The molecule has 0 unspecified atom stereocenters. The van der Waals surface area contributed by atoms with Crippen LogP contribution in [0.5, 0.6) is 0 Å². The normalized spacial score (nSPS) is 13.3. The van der Waals surface area contributed by atoms with Crippen molar-refractivity contribution < 1.29 is 8.42 Å². The van der Waals surface area contributed by atoms with Crippen LogP contribution in [0.3, 0.4) is 0 Å². The number of para-hydroxylation sites is 2. The second-order valence-electron chi connectivity index (χ2n) is 8.09. The van der Waals surface area contributed by atoms with E-state index in [4.69, 9.17) is 4.98 Å². The van der Waals surface area contributed by atoms with Gasteiger partial charge in [0, 0.05) is 33.8 Å². The number of sulfonamides is 1. The molecule has 0 saturated heterocycles. The quantitative estimate of drug-likeness (QED) is 0.311. The first-order valence-electron chi connectivity index (χ1n) is 10.6. The lowest BCUT2D eigenvalue weighted by Crippen LogP contribution is -2.33. The van der Waals surface area contributed by atoms with Gasteiger partial charge in [0.2, 0.25) is 0 Å². The lowest BCUT2D eigenvalue weighted by Gasteiger charge is -2.32. The summed E-state index contributed by atoms with van der Waals surface area (Å²) in [5.74, 6) is 0. The zero-order valence-corrected chi connectivity index (χ0v) is 19.8. The molecule has 2 aromatic heterocycles. The van der Waals surface area contributed by atoms with E-state index in [0.29, 0.717) is 5.69 Å². The molecule has 0 spiro atoms. The standard InChI is InChI=1S/C26H21N3O2S2/c1-28-21-14-8-6-12-18(21)23-25(32-2)20-16-29(33(30,31)17-10-4-3-5-11-17)22-15-9-7-13-19(22)24(20)27-26(23)28/h3-15H,16H2,1-2H3. The van der Waals surface area contributed by atoms with Crippen LogP contribution >= 0.6 is 11.8 Å². The highest BCUT2D eigenvalue weighted by Crippen LogP contribution is 2.47. The summed E-state index contributed by atoms with van der Waals surface area (Å²) in [6.45, 7) is 0.242. The van der Waals surface area contributed by atoms with E-state index in [1.807, 2.05) is 55.8 Å². The van der Waals surface area contributed by atoms with Gasteiger partial charge in [0.25, 0.3) is 10.0 Å². The summed E-state index contributed by atoms with van der Waals surface area (Å²) in [7, 11) is -1.71. The van der Waals surface area contributed by atoms with Crippen LogP contribution in [-0.2, 0) is 23.6 Å². The van der Waals surface area contributed by atoms with Crippen molar-refractivity contribution >= 4 is 49.4 Å². The smallest absolute Gasteiger partial charge is 0.264 e. The van der Waals surface area contributed by atoms with Gasteiger partial charge < -0.3 is 4.57 Å². The monoisotopic (exact) mass is 471 g/mol. The molecule has 0 bridgehead atoms. The van der Waals surface area contributed by atoms with Crippen molar-refractivity contribution in [3.8, 4) is 11.3 Å². The molecule has 0 saturated carbocycles. The molecule has 5 aromatic rings. The van der Waals surface area contributed by atoms with Crippen LogP contribution in [0.15, 0.2) is 88.7 Å². The van der Waals surface area contributed by atoms with Crippen molar-refractivity contribution in [3.05, 3.63) is 84.4 Å². The number of hydrogen-bond donors (Lipinski definition) is 0. The molecule has 0 atom stereocenters. The van der Waals surface area contributed by atoms with Gasteiger partial charge in [-0.1, -0.05) is 54.6 Å². The van der Waals surface area contributed by atoms with Crippen LogP contribution < -0.4 is 4.31 Å². The molecular weight excluding hydrogens is 450 g/mol. The Morgan fingerprint density at radius 1 is 0.909 bits per heavy atom. The summed E-state index contributed by atoms with van der Waals surface area (Å²) in [6, 6.07) is 24.6. The minimum atomic E-state index is -3.74. The number of rotatable bonds is 3. The van der Waals surface area contributed by atoms with Crippen LogP contribution in [0.4, 0.5) is 5.69 Å². The molecule has 1 aliphatic rings. The number of hydrogen-bond acceptors (Lipinski definition) is 4. The highest BCUT2D eigenvalue weighted by molar-refractivity contribution is 7.99.